The molecule has 0 fully saturated rings. The van der Waals surface area contributed by atoms with E-state index in [2.05, 4.69) is 4.98 Å². The summed E-state index contributed by atoms with van der Waals surface area (Å²) >= 11 is 0. The number of hydrogen-bond acceptors (Lipinski definition) is 5. The topological polar surface area (TPSA) is 90.1 Å². The van der Waals surface area contributed by atoms with Crippen LogP contribution in [0.2, 0.25) is 0 Å². The van der Waals surface area contributed by atoms with Gasteiger partial charge in [0.05, 0.1) is 24.5 Å². The van der Waals surface area contributed by atoms with Gasteiger partial charge in [0.15, 0.2) is 11.5 Å². The Labute approximate surface area is 180 Å². The summed E-state index contributed by atoms with van der Waals surface area (Å²) in [6, 6.07) is 8.64. The molecule has 0 bridgehead atoms. The number of carboxylic acid groups (broad SMARTS) is 1. The van der Waals surface area contributed by atoms with E-state index < -0.39 is 5.97 Å². The highest BCUT2D eigenvalue weighted by atomic mass is 16.5. The Kier molecular flexibility index (Phi) is 7.07. The highest BCUT2D eigenvalue weighted by molar-refractivity contribution is 5.87. The summed E-state index contributed by atoms with van der Waals surface area (Å²) in [5.41, 5.74) is 2.08. The van der Waals surface area contributed by atoms with Crippen molar-refractivity contribution in [3.05, 3.63) is 69.3 Å². The summed E-state index contributed by atoms with van der Waals surface area (Å²) in [6.07, 6.45) is 6.26. The van der Waals surface area contributed by atoms with Gasteiger partial charge in [-0.2, -0.15) is 0 Å². The van der Waals surface area contributed by atoms with Crippen molar-refractivity contribution < 1.29 is 19.4 Å². The Balaban J connectivity index is 2.13. The van der Waals surface area contributed by atoms with Gasteiger partial charge in [-0.15, -0.1) is 0 Å². The number of benzene rings is 1. The number of nitrogens with zero attached hydrogens (tertiary/aromatic N) is 2. The van der Waals surface area contributed by atoms with Crippen LogP contribution in [0.4, 0.5) is 0 Å². The van der Waals surface area contributed by atoms with Crippen molar-refractivity contribution in [1.29, 1.82) is 0 Å². The van der Waals surface area contributed by atoms with Crippen molar-refractivity contribution in [3.8, 4) is 11.5 Å². The molecule has 2 aromatic heterocycles. The van der Waals surface area contributed by atoms with E-state index in [9.17, 15) is 14.7 Å². The van der Waals surface area contributed by atoms with Crippen molar-refractivity contribution in [2.24, 2.45) is 0 Å². The standard InChI is InChI=1S/C24H26N2O5/c1-4-8-18-19(25-21-14-12-17(24(28)29)15-26(21)23(18)27)13-11-16-9-7-10-20(30-5-2)22(16)31-6-3/h7,9-15H,4-6,8H2,1-3H3,(H,28,29)/b13-11+. The quantitative estimate of drug-likeness (QED) is 0.553. The number of pyridine rings is 1. The first-order valence-corrected chi connectivity index (χ1v) is 10.3. The van der Waals surface area contributed by atoms with Gasteiger partial charge in [-0.3, -0.25) is 9.20 Å². The first-order chi connectivity index (χ1) is 15.0. The number of carboxylic acids is 1. The maximum atomic E-state index is 13.1. The molecule has 0 amide bonds. The monoisotopic (exact) mass is 422 g/mol. The molecule has 0 aliphatic carbocycles. The third kappa shape index (κ3) is 4.77. The molecule has 0 aliphatic heterocycles. The fourth-order valence-corrected chi connectivity index (χ4v) is 3.34. The van der Waals surface area contributed by atoms with E-state index in [1.54, 1.807) is 12.1 Å². The van der Waals surface area contributed by atoms with Gasteiger partial charge >= 0.3 is 5.97 Å². The third-order valence-corrected chi connectivity index (χ3v) is 4.71. The minimum atomic E-state index is -1.09. The lowest BCUT2D eigenvalue weighted by atomic mass is 10.1. The molecule has 7 nitrogen and oxygen atoms in total. The first-order valence-electron chi connectivity index (χ1n) is 10.3. The van der Waals surface area contributed by atoms with E-state index in [1.165, 1.54) is 16.7 Å². The van der Waals surface area contributed by atoms with Crippen molar-refractivity contribution in [2.45, 2.75) is 33.6 Å². The van der Waals surface area contributed by atoms with Crippen LogP contribution >= 0.6 is 0 Å². The zero-order chi connectivity index (χ0) is 22.4. The molecule has 3 aromatic rings. The molecule has 2 heterocycles. The van der Waals surface area contributed by atoms with E-state index in [0.29, 0.717) is 48.0 Å². The molecule has 0 aliphatic rings. The molecule has 0 unspecified atom stereocenters. The van der Waals surface area contributed by atoms with Crippen LogP contribution in [0, 0.1) is 0 Å². The lowest BCUT2D eigenvalue weighted by Gasteiger charge is -2.13. The molecule has 0 spiro atoms. The van der Waals surface area contributed by atoms with Crippen molar-refractivity contribution in [1.82, 2.24) is 9.38 Å². The highest BCUT2D eigenvalue weighted by Crippen LogP contribution is 2.32. The minimum absolute atomic E-state index is 0.0382. The summed E-state index contributed by atoms with van der Waals surface area (Å²) in [4.78, 5) is 29.0. The first kappa shape index (κ1) is 22.1. The maximum absolute atomic E-state index is 13.1. The highest BCUT2D eigenvalue weighted by Gasteiger charge is 2.14. The second kappa shape index (κ2) is 9.93. The summed E-state index contributed by atoms with van der Waals surface area (Å²) in [6.45, 7) is 6.82. The van der Waals surface area contributed by atoms with Gasteiger partial charge in [0.1, 0.15) is 5.65 Å². The van der Waals surface area contributed by atoms with Crippen molar-refractivity contribution in [3.63, 3.8) is 0 Å². The van der Waals surface area contributed by atoms with E-state index >= 15 is 0 Å². The molecule has 0 saturated heterocycles. The Bertz CT molecular complexity index is 1180. The molecule has 0 radical (unpaired) electrons. The fraction of sp³-hybridized carbons (Fsp3) is 0.292. The van der Waals surface area contributed by atoms with E-state index in [4.69, 9.17) is 9.47 Å². The molecule has 0 saturated carbocycles. The van der Waals surface area contributed by atoms with Gasteiger partial charge in [-0.05, 0) is 50.6 Å². The molecule has 0 atom stereocenters. The van der Waals surface area contributed by atoms with Crippen LogP contribution in [-0.4, -0.2) is 33.7 Å². The maximum Gasteiger partial charge on any atom is 0.337 e. The van der Waals surface area contributed by atoms with E-state index in [-0.39, 0.29) is 11.1 Å². The lowest BCUT2D eigenvalue weighted by Crippen LogP contribution is -2.22. The Morgan fingerprint density at radius 2 is 1.87 bits per heavy atom. The van der Waals surface area contributed by atoms with E-state index in [1.807, 2.05) is 45.0 Å². The van der Waals surface area contributed by atoms with Crippen LogP contribution in [0.1, 0.15) is 54.4 Å². The smallest absolute Gasteiger partial charge is 0.337 e. The predicted molar refractivity (Wildman–Crippen MR) is 120 cm³/mol. The number of hydrogen-bond donors (Lipinski definition) is 1. The van der Waals surface area contributed by atoms with Crippen LogP contribution in [0.25, 0.3) is 17.8 Å². The number of aromatic carboxylic acids is 1. The van der Waals surface area contributed by atoms with Crippen LogP contribution in [0.5, 0.6) is 11.5 Å². The van der Waals surface area contributed by atoms with Gasteiger partial charge in [-0.1, -0.05) is 25.5 Å². The number of fused-ring (bicyclic) bond motifs is 1. The summed E-state index contributed by atoms with van der Waals surface area (Å²) in [5, 5.41) is 9.23. The molecule has 31 heavy (non-hydrogen) atoms. The van der Waals surface area contributed by atoms with Gasteiger partial charge in [0.25, 0.3) is 5.56 Å². The van der Waals surface area contributed by atoms with E-state index in [0.717, 1.165) is 12.0 Å². The molecular formula is C24H26N2O5. The minimum Gasteiger partial charge on any atom is -0.490 e. The summed E-state index contributed by atoms with van der Waals surface area (Å²) in [5.74, 6) is 0.212. The second-order valence-corrected chi connectivity index (χ2v) is 6.86. The molecule has 1 aromatic carbocycles. The van der Waals surface area contributed by atoms with Crippen LogP contribution in [-0.2, 0) is 6.42 Å². The Hall–Kier alpha value is -3.61. The predicted octanol–water partition coefficient (Wildman–Crippen LogP) is 4.31. The molecule has 3 rings (SSSR count). The van der Waals surface area contributed by atoms with Crippen molar-refractivity contribution in [2.75, 3.05) is 13.2 Å². The number of ether oxygens (including phenoxy) is 2. The average Bonchev–Trinajstić information content (AvgIpc) is 2.76. The summed E-state index contributed by atoms with van der Waals surface area (Å²) < 4.78 is 12.8. The zero-order valence-electron chi connectivity index (χ0n) is 17.9. The van der Waals surface area contributed by atoms with Gasteiger partial charge in [-0.25, -0.2) is 9.78 Å². The van der Waals surface area contributed by atoms with Gasteiger partial charge < -0.3 is 14.6 Å². The number of rotatable bonds is 9. The van der Waals surface area contributed by atoms with Crippen LogP contribution < -0.4 is 15.0 Å². The Morgan fingerprint density at radius 1 is 1.10 bits per heavy atom. The van der Waals surface area contributed by atoms with Crippen molar-refractivity contribution >= 4 is 23.8 Å². The third-order valence-electron chi connectivity index (χ3n) is 4.71. The average molecular weight is 422 g/mol. The molecule has 7 heteroatoms. The molecule has 162 valence electrons. The number of aromatic nitrogens is 2. The van der Waals surface area contributed by atoms with Crippen LogP contribution in [0.3, 0.4) is 0 Å². The number of para-hydroxylation sites is 1. The Morgan fingerprint density at radius 3 is 2.55 bits per heavy atom. The SMILES string of the molecule is CCCc1c(/C=C/c2cccc(OCC)c2OCC)nc2ccc(C(=O)O)cn2c1=O. The largest absolute Gasteiger partial charge is 0.490 e. The summed E-state index contributed by atoms with van der Waals surface area (Å²) in [7, 11) is 0. The van der Waals surface area contributed by atoms with Gasteiger partial charge in [0.2, 0.25) is 0 Å². The lowest BCUT2D eigenvalue weighted by molar-refractivity contribution is 0.0696. The normalized spacial score (nSPS) is 11.2. The zero-order valence-corrected chi connectivity index (χ0v) is 17.9. The number of carbonyl (C=O) groups is 1. The molecular weight excluding hydrogens is 396 g/mol. The second-order valence-electron chi connectivity index (χ2n) is 6.86. The van der Waals surface area contributed by atoms with Crippen LogP contribution in [0.15, 0.2) is 41.3 Å². The fourth-order valence-electron chi connectivity index (χ4n) is 3.34. The van der Waals surface area contributed by atoms with Gasteiger partial charge in [0, 0.05) is 17.3 Å². The molecule has 1 N–H and O–H groups in total.